The summed E-state index contributed by atoms with van der Waals surface area (Å²) in [6.45, 7) is 5.16. The van der Waals surface area contributed by atoms with Crippen LogP contribution in [0.4, 0.5) is 23.3 Å². The molecule has 5 spiro atoms. The van der Waals surface area contributed by atoms with Crippen molar-refractivity contribution >= 4 is 130 Å². The van der Waals surface area contributed by atoms with E-state index in [-0.39, 0.29) is 76.0 Å². The number of aromatic hydroxyl groups is 1. The number of nitrogens with one attached hydrogen (secondary N) is 7. The molecule has 4 aromatic heterocycles. The van der Waals surface area contributed by atoms with Gasteiger partial charge in [0.1, 0.15) is 103 Å². The van der Waals surface area contributed by atoms with Crippen LogP contribution in [0.5, 0.6) is 17.2 Å². The Bertz CT molecular complexity index is 6670. The number of sulfone groups is 1. The van der Waals surface area contributed by atoms with E-state index in [2.05, 4.69) is 114 Å². The van der Waals surface area contributed by atoms with Crippen molar-refractivity contribution in [2.75, 3.05) is 47.7 Å². The van der Waals surface area contributed by atoms with Crippen molar-refractivity contribution in [3.63, 3.8) is 0 Å². The van der Waals surface area contributed by atoms with Gasteiger partial charge in [0, 0.05) is 84.4 Å². The fourth-order valence-corrected chi connectivity index (χ4v) is 24.2. The summed E-state index contributed by atoms with van der Waals surface area (Å²) in [5.74, 6) is 7.61. The third kappa shape index (κ3) is 22.5. The quantitative estimate of drug-likeness (QED) is 0.0221. The molecule has 0 bridgehead atoms. The van der Waals surface area contributed by atoms with E-state index in [1.54, 1.807) is 12.1 Å². The molecule has 143 heavy (non-hydrogen) atoms. The molecule has 24 rings (SSSR count). The molecular formula is C107H122Br2Cl2N20O11S. The lowest BCUT2D eigenvalue weighted by molar-refractivity contribution is -0.119. The molecule has 36 heteroatoms. The second kappa shape index (κ2) is 41.4. The number of phenols is 1. The Balaban J connectivity index is 0.000000116. The van der Waals surface area contributed by atoms with Gasteiger partial charge >= 0.3 is 0 Å². The van der Waals surface area contributed by atoms with Crippen LogP contribution in [0.3, 0.4) is 0 Å². The lowest BCUT2D eigenvalue weighted by atomic mass is 9.82. The first-order valence-corrected chi connectivity index (χ1v) is 54.2. The van der Waals surface area contributed by atoms with Crippen LogP contribution in [-0.4, -0.2) is 120 Å². The number of nitrogen functional groups attached to an aromatic ring is 3. The van der Waals surface area contributed by atoms with Gasteiger partial charge in [-0.15, -0.1) is 12.4 Å². The SMILES string of the molecule is CCOc1ccc2c(c1)CC[C@]21Cc2nc(CCC3CC3)nc(N)c2C(=O)N1.CCOc1ccc2c(c1)CC[C@]21Cc2nc(CCC3CC3)nc(NC(=O)CS(C)(=O)=O)c2C(=O)N1.Cl.N#CC1=C(Cl)C[C@]2(CCc3cc(Br)ccc32)NC1=O.N=C(N)CCC1CC1.Nc1nc(CCC2CC2)nc2c1C(=O)N[C@@]1(CCc3cc(Br)ccc31)C2.Nc1nc(CCC2CC2)nc2c1C(=O)N[C@@]1(CCc3cc(O)ccc31)C2. The highest BCUT2D eigenvalue weighted by Gasteiger charge is 2.52. The van der Waals surface area contributed by atoms with E-state index in [1.165, 1.54) is 92.0 Å². The largest absolute Gasteiger partial charge is 0.508 e. The van der Waals surface area contributed by atoms with E-state index in [0.717, 1.165) is 235 Å². The number of hydrogen-bond donors (Lipinski definition) is 12. The van der Waals surface area contributed by atoms with Gasteiger partial charge in [-0.2, -0.15) is 5.26 Å². The highest BCUT2D eigenvalue weighted by atomic mass is 79.9. The maximum atomic E-state index is 13.4. The highest BCUT2D eigenvalue weighted by Crippen LogP contribution is 2.52. The number of nitrogens with zero attached hydrogens (tertiary/aromatic N) is 9. The number of rotatable bonds is 22. The van der Waals surface area contributed by atoms with Crippen LogP contribution in [0.15, 0.2) is 111 Å². The Morgan fingerprint density at radius 3 is 1.13 bits per heavy atom. The third-order valence-electron chi connectivity index (χ3n) is 30.6. The Labute approximate surface area is 860 Å². The number of ether oxygens (including phenoxy) is 2. The molecule has 10 aliphatic carbocycles. The number of halogens is 4. The number of carbonyl (C=O) groups excluding carboxylic acids is 6. The number of anilines is 4. The molecular weight excluding hydrogens is 2000 g/mol. The van der Waals surface area contributed by atoms with Crippen LogP contribution < -0.4 is 64.3 Å². The van der Waals surface area contributed by atoms with Gasteiger partial charge in [-0.1, -0.05) is 138 Å². The number of amides is 6. The molecule has 0 saturated heterocycles. The van der Waals surface area contributed by atoms with Gasteiger partial charge in [0.2, 0.25) is 5.91 Å². The first-order valence-electron chi connectivity index (χ1n) is 50.2. The minimum absolute atomic E-state index is 0. The molecule has 750 valence electrons. The molecule has 5 saturated carbocycles. The summed E-state index contributed by atoms with van der Waals surface area (Å²) >= 11 is 13.1. The molecule has 5 aliphatic heterocycles. The number of aromatic nitrogens is 8. The number of phenolic OH excluding ortho intramolecular Hbond substituents is 1. The molecule has 9 heterocycles. The molecule has 5 fully saturated rings. The van der Waals surface area contributed by atoms with Crippen molar-refractivity contribution in [1.29, 1.82) is 10.7 Å². The Kier molecular flexibility index (Phi) is 29.3. The summed E-state index contributed by atoms with van der Waals surface area (Å²) in [5, 5.41) is 44.3. The smallest absolute Gasteiger partial charge is 0.263 e. The molecule has 16 N–H and O–H groups in total. The van der Waals surface area contributed by atoms with Gasteiger partial charge in [0.25, 0.3) is 29.5 Å². The first-order chi connectivity index (χ1) is 68.2. The van der Waals surface area contributed by atoms with Crippen molar-refractivity contribution < 1.29 is 51.8 Å². The van der Waals surface area contributed by atoms with Crippen LogP contribution in [0.1, 0.15) is 298 Å². The van der Waals surface area contributed by atoms with Gasteiger partial charge in [-0.3, -0.25) is 34.2 Å². The van der Waals surface area contributed by atoms with E-state index in [1.807, 2.05) is 68.4 Å². The topological polar surface area (TPSA) is 502 Å². The Morgan fingerprint density at radius 2 is 0.790 bits per heavy atom. The number of nitriles is 1. The summed E-state index contributed by atoms with van der Waals surface area (Å²) in [6, 6.07) is 31.8. The molecule has 0 radical (unpaired) electrons. The van der Waals surface area contributed by atoms with E-state index in [4.69, 9.17) is 74.6 Å². The fraction of sp³-hybridized carbons (Fsp3) is 0.477. The van der Waals surface area contributed by atoms with Crippen LogP contribution >= 0.6 is 55.9 Å². The summed E-state index contributed by atoms with van der Waals surface area (Å²) < 4.78 is 36.6. The maximum absolute atomic E-state index is 13.4. The van der Waals surface area contributed by atoms with Crippen molar-refractivity contribution in [2.45, 2.75) is 266 Å². The van der Waals surface area contributed by atoms with Gasteiger partial charge < -0.3 is 69.4 Å². The monoisotopic (exact) mass is 2120 g/mol. The third-order valence-corrected chi connectivity index (χ3v) is 32.7. The number of carbonyl (C=O) groups is 6. The van der Waals surface area contributed by atoms with Crippen molar-refractivity contribution in [3.05, 3.63) is 235 Å². The normalized spacial score (nSPS) is 22.5. The molecule has 5 aromatic carbocycles. The minimum Gasteiger partial charge on any atom is -0.508 e. The summed E-state index contributed by atoms with van der Waals surface area (Å²) in [6.07, 6.45) is 34.9. The number of nitrogens with two attached hydrogens (primary N) is 4. The maximum Gasteiger partial charge on any atom is 0.263 e. The lowest BCUT2D eigenvalue weighted by Gasteiger charge is -2.36. The van der Waals surface area contributed by atoms with Gasteiger partial charge in [-0.25, -0.2) is 48.3 Å². The van der Waals surface area contributed by atoms with Gasteiger partial charge in [-0.05, 0) is 256 Å². The van der Waals surface area contributed by atoms with Gasteiger partial charge in [0.05, 0.1) is 69.5 Å². The number of benzene rings is 5. The second-order valence-corrected chi connectivity index (χ2v) is 45.7. The number of hydrogen-bond acceptors (Lipinski definition) is 24. The second-order valence-electron chi connectivity index (χ2n) is 41.3. The summed E-state index contributed by atoms with van der Waals surface area (Å²) in [5.41, 5.74) is 37.5. The predicted octanol–water partition coefficient (Wildman–Crippen LogP) is 15.4. The average molecular weight is 2130 g/mol. The Morgan fingerprint density at radius 1 is 0.476 bits per heavy atom. The predicted molar refractivity (Wildman–Crippen MR) is 553 cm³/mol. The molecule has 15 aliphatic rings. The fourth-order valence-electron chi connectivity index (χ4n) is 22.5. The summed E-state index contributed by atoms with van der Waals surface area (Å²) in [4.78, 5) is 113. The lowest BCUT2D eigenvalue weighted by Crippen LogP contribution is -2.50. The van der Waals surface area contributed by atoms with Crippen LogP contribution in [0, 0.1) is 46.3 Å². The molecule has 6 amide bonds. The van der Waals surface area contributed by atoms with Crippen LogP contribution in [-0.2, 0) is 131 Å². The molecule has 9 aromatic rings. The minimum atomic E-state index is -3.53. The molecule has 0 unspecified atom stereocenters. The number of aryl methyl sites for hydroxylation is 9. The summed E-state index contributed by atoms with van der Waals surface area (Å²) in [7, 11) is -3.53. The molecule has 31 nitrogen and oxygen atoms in total. The standard InChI is InChI=1S/C25H30N4O5S.C22H26N4O2.C20H21BrN4O.C20H22N4O2.C14H10BrClN2O.C6H12N2.ClH/c1-3-34-17-7-8-18-16(12-17)10-11-25(18)13-19-22(24(31)29-25)23(28-21(30)14-35(2,32)33)27-20(26-19)9-6-15-4-5-15;1-2-28-15-6-7-16-14(11-15)9-10-22(16)12-17-19(21(27)26-22)20(23)25-18(24-17)8-5-13-3-4-13;21-13-4-5-14-12(9-13)7-8-20(14)10-15-17(19(26)25-20)18(22)24-16(23-15)6-3-11-1-2-11;21-18-17-15(22-16(23-18)6-3-11-1-2-11)10-20(24-19(17)26)8-7-12-9-13(25)4-5-14(12)20;15-9-1-2-11-8(5-9)3-4-14(11)6-12(16)10(7-17)13(19)18-14;7-6(8)4-3-5-1-2-5;/h7-8,12,15H,3-6,9-11,13-14H2,1-2H3,(H,29,31)(H,26,27,28,30);6-7,11,13H,2-5,8-10,12H2,1H3,(H,26,27)(H2,23,24,25);4-5,9,11H,1-3,6-8,10H2,(H,25,26)(H2,22,23,24);4-5,9,11,25H,1-3,6-8,10H2,(H,24,26)(H2,21,22,23);1-2,5H,3-4,6H2,(H,18,19);5H,1-4H2,(H3,7,8);1H/t25-;22-;2*20-;14-;;/m00000../s1. The van der Waals surface area contributed by atoms with E-state index >= 15 is 0 Å². The average Bonchev–Trinajstić information content (AvgIpc) is 1.65. The van der Waals surface area contributed by atoms with E-state index < -0.39 is 43.7 Å². The van der Waals surface area contributed by atoms with Crippen LogP contribution in [0.2, 0.25) is 0 Å². The first kappa shape index (κ1) is 101. The van der Waals surface area contributed by atoms with Crippen LogP contribution in [0.25, 0.3) is 0 Å². The zero-order valence-electron chi connectivity index (χ0n) is 80.7. The van der Waals surface area contributed by atoms with Crippen molar-refractivity contribution in [2.24, 2.45) is 35.3 Å². The van der Waals surface area contributed by atoms with Crippen molar-refractivity contribution in [1.82, 2.24) is 66.5 Å². The number of amidine groups is 1. The van der Waals surface area contributed by atoms with Gasteiger partial charge in [0.15, 0.2) is 9.84 Å². The van der Waals surface area contributed by atoms with E-state index in [9.17, 15) is 42.3 Å². The van der Waals surface area contributed by atoms with Crippen molar-refractivity contribution in [3.8, 4) is 23.3 Å². The van der Waals surface area contributed by atoms with E-state index in [0.29, 0.717) is 108 Å². The zero-order chi connectivity index (χ0) is 99.5. The zero-order valence-corrected chi connectivity index (χ0v) is 86.3. The number of fused-ring (bicyclic) bond motifs is 14. The molecule has 5 atom stereocenters. The Hall–Kier alpha value is -11.8. The highest BCUT2D eigenvalue weighted by molar-refractivity contribution is 9.10.